The highest BCUT2D eigenvalue weighted by Gasteiger charge is 2.52. The molecule has 2 saturated carbocycles. The van der Waals surface area contributed by atoms with Crippen LogP contribution in [0.25, 0.3) is 76.2 Å². The summed E-state index contributed by atoms with van der Waals surface area (Å²) >= 11 is 0. The average molecular weight is 1090 g/mol. The van der Waals surface area contributed by atoms with Gasteiger partial charge in [0.2, 0.25) is 0 Å². The lowest BCUT2D eigenvalue weighted by Crippen LogP contribution is -2.58. The van der Waals surface area contributed by atoms with E-state index in [9.17, 15) is 0 Å². The fourth-order valence-corrected chi connectivity index (χ4v) is 42.7. The Kier molecular flexibility index (Phi) is 11.8. The Hall–Kier alpha value is -3.98. The van der Waals surface area contributed by atoms with Crippen molar-refractivity contribution in [2.24, 2.45) is 5.41 Å². The fraction of sp³-hybridized carbons (Fsp3) is 0.569. The van der Waals surface area contributed by atoms with Gasteiger partial charge in [0.25, 0.3) is 0 Å². The van der Waals surface area contributed by atoms with Crippen molar-refractivity contribution in [3.8, 4) is 0 Å². The summed E-state index contributed by atoms with van der Waals surface area (Å²) in [5.41, 5.74) is 19.3. The maximum atomic E-state index is 15.1. The molecule has 0 unspecified atom stereocenters. The monoisotopic (exact) mass is 1090 g/mol. The van der Waals surface area contributed by atoms with Crippen LogP contribution in [0.2, 0.25) is 49.9 Å². The molecule has 4 aromatic heterocycles. The number of Topliss-reactive ketones (excluding diaryl/α,β-unsaturated/α-hetero) is 1. The molecule has 5 aromatic carbocycles. The molecule has 6 heteroatoms. The summed E-state index contributed by atoms with van der Waals surface area (Å²) in [6.07, 6.45) is 9.52. The van der Waals surface area contributed by atoms with E-state index in [1.54, 1.807) is 26.7 Å². The molecule has 4 heterocycles. The molecule has 6 aliphatic carbocycles. The second kappa shape index (κ2) is 17.3. The summed E-state index contributed by atoms with van der Waals surface area (Å²) < 4.78 is 5.54. The third-order valence-electron chi connectivity index (χ3n) is 24.9. The van der Waals surface area contributed by atoms with Gasteiger partial charge in [0, 0.05) is 54.1 Å². The van der Waals surface area contributed by atoms with Crippen molar-refractivity contribution >= 4 is 122 Å². The normalized spacial score (nSPS) is 22.6. The van der Waals surface area contributed by atoms with Crippen LogP contribution in [0, 0.1) is 5.41 Å². The number of nitrogens with zero attached hydrogens (tertiary/aromatic N) is 2. The molecule has 4 bridgehead atoms. The van der Waals surface area contributed by atoms with Gasteiger partial charge in [-0.25, -0.2) is 0 Å². The van der Waals surface area contributed by atoms with Gasteiger partial charge < -0.3 is 8.80 Å². The number of fused-ring (bicyclic) bond motifs is 16. The summed E-state index contributed by atoms with van der Waals surface area (Å²) in [5.74, 6) is 1.68. The Balaban J connectivity index is 1.27. The van der Waals surface area contributed by atoms with E-state index in [2.05, 4.69) is 202 Å². The topological polar surface area (TPSA) is 25.9 Å². The molecule has 0 amide bonds. The van der Waals surface area contributed by atoms with Gasteiger partial charge in [-0.15, -0.1) is 0 Å². The van der Waals surface area contributed by atoms with E-state index in [1.807, 2.05) is 10.8 Å². The predicted octanol–water partition coefficient (Wildman–Crippen LogP) is 20.4. The van der Waals surface area contributed by atoms with Gasteiger partial charge in [-0.2, -0.15) is 0 Å². The van der Waals surface area contributed by atoms with E-state index in [1.165, 1.54) is 96.7 Å². The first-order chi connectivity index (χ1) is 36.7. The predicted molar refractivity (Wildman–Crippen MR) is 350 cm³/mol. The molecular weight excluding hydrogens is 993 g/mol. The lowest BCUT2D eigenvalue weighted by molar-refractivity contribution is 0.0732. The molecule has 9 aromatic rings. The molecule has 0 saturated heterocycles. The van der Waals surface area contributed by atoms with Crippen LogP contribution < -0.4 is 15.6 Å². The number of hydrogen-bond acceptors (Lipinski definition) is 1. The zero-order valence-electron chi connectivity index (χ0n) is 52.0. The van der Waals surface area contributed by atoms with Gasteiger partial charge in [0.1, 0.15) is 0 Å². The molecular formula is C72H96N2OSi3. The second-order valence-corrected chi connectivity index (χ2v) is 48.3. The maximum absolute atomic E-state index is 15.1. The van der Waals surface area contributed by atoms with E-state index in [0.717, 1.165) is 31.2 Å². The number of benzene rings is 5. The Labute approximate surface area is 471 Å². The number of carbonyl (C=O) groups excluding carboxylic acids is 1. The van der Waals surface area contributed by atoms with E-state index < -0.39 is 24.2 Å². The summed E-state index contributed by atoms with van der Waals surface area (Å²) in [6, 6.07) is 24.3. The summed E-state index contributed by atoms with van der Waals surface area (Å²) in [7, 11) is -6.38. The Morgan fingerprint density at radius 2 is 0.756 bits per heavy atom. The minimum absolute atomic E-state index is 0.00660. The molecule has 3 nitrogen and oxygen atoms in total. The average Bonchev–Trinajstić information content (AvgIpc) is 2.33. The van der Waals surface area contributed by atoms with Crippen molar-refractivity contribution in [3.63, 3.8) is 0 Å². The van der Waals surface area contributed by atoms with Crippen LogP contribution in [-0.4, -0.2) is 38.8 Å². The second-order valence-electron chi connectivity index (χ2n) is 30.6. The number of carbonyl (C=O) groups is 1. The quantitative estimate of drug-likeness (QED) is 0.112. The van der Waals surface area contributed by atoms with Crippen LogP contribution >= 0.6 is 0 Å². The van der Waals surface area contributed by atoms with Gasteiger partial charge in [-0.1, -0.05) is 178 Å². The van der Waals surface area contributed by atoms with E-state index >= 15 is 4.79 Å². The highest BCUT2D eigenvalue weighted by atomic mass is 28.3. The molecule has 0 aliphatic heterocycles. The molecule has 0 atom stereocenters. The first kappa shape index (κ1) is 53.3. The minimum atomic E-state index is -2.14. The van der Waals surface area contributed by atoms with Crippen LogP contribution in [0.1, 0.15) is 229 Å². The number of aromatic nitrogens is 2. The van der Waals surface area contributed by atoms with Gasteiger partial charge >= 0.3 is 0 Å². The van der Waals surface area contributed by atoms with Crippen LogP contribution in [0.15, 0.2) is 54.6 Å². The first-order valence-corrected chi connectivity index (χ1v) is 38.6. The van der Waals surface area contributed by atoms with Crippen molar-refractivity contribution in [2.75, 3.05) is 0 Å². The Bertz CT molecular complexity index is 3880. The molecule has 78 heavy (non-hydrogen) atoms. The summed E-state index contributed by atoms with van der Waals surface area (Å²) in [6.45, 7) is 51.1. The zero-order chi connectivity index (χ0) is 55.7. The highest BCUT2D eigenvalue weighted by Crippen LogP contribution is 2.58. The third kappa shape index (κ3) is 6.31. The number of ketones is 1. The first-order valence-electron chi connectivity index (χ1n) is 31.9. The highest BCUT2D eigenvalue weighted by molar-refractivity contribution is 6.96. The van der Waals surface area contributed by atoms with Gasteiger partial charge in [0.05, 0.1) is 57.3 Å². The number of hydrogen-bond donors (Lipinski definition) is 0. The lowest BCUT2D eigenvalue weighted by Gasteiger charge is -2.49. The van der Waals surface area contributed by atoms with Crippen molar-refractivity contribution in [3.05, 3.63) is 76.9 Å². The van der Waals surface area contributed by atoms with E-state index in [4.69, 9.17) is 0 Å². The van der Waals surface area contributed by atoms with Crippen LogP contribution in [0.3, 0.4) is 0 Å². The van der Waals surface area contributed by atoms with Gasteiger partial charge in [-0.05, 0) is 166 Å². The molecule has 0 radical (unpaired) electrons. The summed E-state index contributed by atoms with van der Waals surface area (Å²) in [5, 5.41) is 16.7. The molecule has 15 rings (SSSR count). The fourth-order valence-electron chi connectivity index (χ4n) is 22.0. The van der Waals surface area contributed by atoms with Crippen LogP contribution in [0.5, 0.6) is 0 Å². The Morgan fingerprint density at radius 3 is 1.19 bits per heavy atom. The smallest absolute Gasteiger partial charge is 0.169 e. The minimum Gasteiger partial charge on any atom is -0.308 e. The van der Waals surface area contributed by atoms with Gasteiger partial charge in [0.15, 0.2) is 5.78 Å². The SMILES string of the molecule is CC(C)[Si](c1cc2c3cc4c(cc3n3c5cc6c7cc([Si](C(C)C)(C(C)C)C(C)C)cc8c9c%10c(c([Si](C(C)C)(C(C)C)C(C)C)cc9n(c6cc5c(c1)c23)c78)C1CCC%10CC1)C(=O)C1(C)CCC4(C)CC1)(C(C)C)C(C)C. The molecule has 6 aliphatic rings. The molecule has 412 valence electrons. The van der Waals surface area contributed by atoms with Crippen LogP contribution in [0.4, 0.5) is 0 Å². The standard InChI is InChI=1S/C72H96N2OSi3/c1-38(2)76(39(3)4,40(5)6)49-29-54-51-33-59-57(70(75)72(20)27-25-71(59,19)26-28-72)36-62(51)73-60-34-53-56-31-50(77(41(7)8,42(9)10)43(11)12)32-58-67-63(74(69(56)58)61(53)35-52(60)55(30-49)68(54)73)37-64(78(44(13)14,45(15)16)46(17)18)65-47-21-23-48(24-22-47)66(65)67/h29-48H,21-28H2,1-20H3. The van der Waals surface area contributed by atoms with Crippen molar-refractivity contribution in [2.45, 2.75) is 257 Å². The number of rotatable bonds is 12. The zero-order valence-corrected chi connectivity index (χ0v) is 55.0. The van der Waals surface area contributed by atoms with Crippen molar-refractivity contribution in [1.29, 1.82) is 0 Å². The van der Waals surface area contributed by atoms with E-state index in [-0.39, 0.29) is 10.8 Å². The van der Waals surface area contributed by atoms with Crippen LogP contribution in [-0.2, 0) is 5.41 Å². The Morgan fingerprint density at radius 1 is 0.397 bits per heavy atom. The lowest BCUT2D eigenvalue weighted by atomic mass is 9.65. The summed E-state index contributed by atoms with van der Waals surface area (Å²) in [4.78, 5) is 15.1. The molecule has 2 fully saturated rings. The van der Waals surface area contributed by atoms with E-state index in [0.29, 0.717) is 67.5 Å². The largest absolute Gasteiger partial charge is 0.308 e. The van der Waals surface area contributed by atoms with Crippen molar-refractivity contribution < 1.29 is 4.79 Å². The molecule has 0 N–H and O–H groups in total. The molecule has 0 spiro atoms. The maximum Gasteiger partial charge on any atom is 0.169 e. The third-order valence-corrected chi connectivity index (χ3v) is 46.0. The van der Waals surface area contributed by atoms with Crippen molar-refractivity contribution in [1.82, 2.24) is 8.80 Å². The van der Waals surface area contributed by atoms with Gasteiger partial charge in [-0.3, -0.25) is 4.79 Å².